The average Bonchev–Trinajstić information content (AvgIpc) is 2.48. The first-order valence-electron chi connectivity index (χ1n) is 7.11. The van der Waals surface area contributed by atoms with Crippen molar-refractivity contribution < 1.29 is 17.6 Å². The predicted molar refractivity (Wildman–Crippen MR) is 87.6 cm³/mol. The van der Waals surface area contributed by atoms with E-state index >= 15 is 0 Å². The summed E-state index contributed by atoms with van der Waals surface area (Å²) in [6.07, 6.45) is 1.84. The van der Waals surface area contributed by atoms with Crippen LogP contribution in [0.3, 0.4) is 0 Å². The van der Waals surface area contributed by atoms with E-state index in [-0.39, 0.29) is 23.0 Å². The van der Waals surface area contributed by atoms with Gasteiger partial charge in [0, 0.05) is 18.4 Å². The van der Waals surface area contributed by atoms with Gasteiger partial charge in [0.2, 0.25) is 5.91 Å². The normalized spacial score (nSPS) is 11.3. The number of carbonyl (C=O) groups excluding carboxylic acids is 1. The van der Waals surface area contributed by atoms with Gasteiger partial charge in [0.05, 0.1) is 4.90 Å². The molecule has 4 nitrogen and oxygen atoms in total. The molecule has 122 valence electrons. The Morgan fingerprint density at radius 1 is 1.13 bits per heavy atom. The van der Waals surface area contributed by atoms with Crippen LogP contribution in [0.1, 0.15) is 17.5 Å². The molecule has 0 unspecified atom stereocenters. The minimum Gasteiger partial charge on any atom is -0.326 e. The highest BCUT2D eigenvalue weighted by molar-refractivity contribution is 7.90. The second kappa shape index (κ2) is 6.91. The Balaban J connectivity index is 2.04. The summed E-state index contributed by atoms with van der Waals surface area (Å²) in [5.74, 6) is -0.533. The zero-order valence-electron chi connectivity index (χ0n) is 13.0. The van der Waals surface area contributed by atoms with Gasteiger partial charge >= 0.3 is 0 Å². The Kier molecular flexibility index (Phi) is 5.15. The molecule has 0 aromatic heterocycles. The summed E-state index contributed by atoms with van der Waals surface area (Å²) in [5, 5.41) is 2.73. The zero-order valence-corrected chi connectivity index (χ0v) is 13.8. The maximum Gasteiger partial charge on any atom is 0.224 e. The highest BCUT2D eigenvalue weighted by Gasteiger charge is 2.11. The molecular weight excluding hydrogens is 317 g/mol. The van der Waals surface area contributed by atoms with Crippen molar-refractivity contribution in [2.24, 2.45) is 0 Å². The highest BCUT2D eigenvalue weighted by Crippen LogP contribution is 2.20. The summed E-state index contributed by atoms with van der Waals surface area (Å²) in [4.78, 5) is 12.2. The van der Waals surface area contributed by atoms with Crippen LogP contribution in [0.4, 0.5) is 10.1 Å². The topological polar surface area (TPSA) is 63.2 Å². The molecule has 0 aliphatic rings. The van der Waals surface area contributed by atoms with E-state index in [4.69, 9.17) is 0 Å². The number of hydrogen-bond donors (Lipinski definition) is 1. The van der Waals surface area contributed by atoms with Crippen molar-refractivity contribution >= 4 is 21.4 Å². The number of rotatable bonds is 5. The van der Waals surface area contributed by atoms with Crippen LogP contribution in [0, 0.1) is 12.7 Å². The number of amides is 1. The smallest absolute Gasteiger partial charge is 0.224 e. The monoisotopic (exact) mass is 335 g/mol. The number of halogens is 1. The lowest BCUT2D eigenvalue weighted by atomic mass is 10.1. The second-order valence-corrected chi connectivity index (χ2v) is 7.44. The quantitative estimate of drug-likeness (QED) is 0.913. The summed E-state index contributed by atoms with van der Waals surface area (Å²) < 4.78 is 36.0. The molecule has 0 heterocycles. The molecule has 0 saturated carbocycles. The number of nitrogens with one attached hydrogen (secondary N) is 1. The first kappa shape index (κ1) is 17.1. The Labute approximate surface area is 135 Å². The molecule has 2 rings (SSSR count). The maximum atomic E-state index is 12.8. The van der Waals surface area contributed by atoms with Crippen molar-refractivity contribution in [3.05, 3.63) is 59.4 Å². The Hall–Kier alpha value is -2.21. The van der Waals surface area contributed by atoms with Gasteiger partial charge in [-0.3, -0.25) is 4.79 Å². The van der Waals surface area contributed by atoms with Crippen LogP contribution in [0.2, 0.25) is 0 Å². The van der Waals surface area contributed by atoms with E-state index in [0.717, 1.165) is 17.4 Å². The lowest BCUT2D eigenvalue weighted by Gasteiger charge is -2.10. The SMILES string of the molecule is Cc1ccc(S(C)(=O)=O)cc1NC(=O)CCc1ccc(F)cc1. The third-order valence-electron chi connectivity index (χ3n) is 3.47. The summed E-state index contributed by atoms with van der Waals surface area (Å²) in [6.45, 7) is 1.79. The fraction of sp³-hybridized carbons (Fsp3) is 0.235. The van der Waals surface area contributed by atoms with Gasteiger partial charge < -0.3 is 5.32 Å². The van der Waals surface area contributed by atoms with Gasteiger partial charge in [-0.2, -0.15) is 0 Å². The summed E-state index contributed by atoms with van der Waals surface area (Å²) >= 11 is 0. The fourth-order valence-corrected chi connectivity index (χ4v) is 2.74. The van der Waals surface area contributed by atoms with E-state index in [1.165, 1.54) is 24.3 Å². The van der Waals surface area contributed by atoms with Crippen LogP contribution in [0.25, 0.3) is 0 Å². The van der Waals surface area contributed by atoms with Crippen LogP contribution in [-0.4, -0.2) is 20.6 Å². The third-order valence-corrected chi connectivity index (χ3v) is 4.58. The molecule has 2 aromatic carbocycles. The lowest BCUT2D eigenvalue weighted by Crippen LogP contribution is -2.13. The van der Waals surface area contributed by atoms with Gasteiger partial charge in [-0.1, -0.05) is 18.2 Å². The standard InChI is InChI=1S/C17H18FNO3S/c1-12-3-9-15(23(2,21)22)11-16(12)19-17(20)10-6-13-4-7-14(18)8-5-13/h3-5,7-9,11H,6,10H2,1-2H3,(H,19,20). The molecule has 6 heteroatoms. The van der Waals surface area contributed by atoms with Crippen LogP contribution in [0.15, 0.2) is 47.4 Å². The summed E-state index contributed by atoms with van der Waals surface area (Å²) in [5.41, 5.74) is 2.13. The number of carbonyl (C=O) groups is 1. The molecule has 23 heavy (non-hydrogen) atoms. The van der Waals surface area contributed by atoms with Crippen molar-refractivity contribution in [2.45, 2.75) is 24.7 Å². The van der Waals surface area contributed by atoms with Gasteiger partial charge in [0.15, 0.2) is 9.84 Å². The van der Waals surface area contributed by atoms with Gasteiger partial charge in [-0.05, 0) is 48.7 Å². The number of anilines is 1. The first-order chi connectivity index (χ1) is 10.8. The second-order valence-electron chi connectivity index (χ2n) is 5.42. The molecule has 0 bridgehead atoms. The van der Waals surface area contributed by atoms with Gasteiger partial charge in [0.1, 0.15) is 5.82 Å². The van der Waals surface area contributed by atoms with Crippen LogP contribution in [-0.2, 0) is 21.1 Å². The molecule has 0 radical (unpaired) electrons. The zero-order chi connectivity index (χ0) is 17.0. The van der Waals surface area contributed by atoms with Gasteiger partial charge in [-0.25, -0.2) is 12.8 Å². The third kappa shape index (κ3) is 4.89. The van der Waals surface area contributed by atoms with Gasteiger partial charge in [-0.15, -0.1) is 0 Å². The van der Waals surface area contributed by atoms with E-state index < -0.39 is 9.84 Å². The molecule has 0 aliphatic carbocycles. The molecule has 2 aromatic rings. The minimum atomic E-state index is -3.32. The van der Waals surface area contributed by atoms with E-state index in [0.29, 0.717) is 12.1 Å². The largest absolute Gasteiger partial charge is 0.326 e. The number of sulfone groups is 1. The molecule has 0 atom stereocenters. The maximum absolute atomic E-state index is 12.8. The lowest BCUT2D eigenvalue weighted by molar-refractivity contribution is -0.116. The molecule has 0 spiro atoms. The molecule has 1 N–H and O–H groups in total. The molecule has 0 fully saturated rings. The van der Waals surface area contributed by atoms with Crippen molar-refractivity contribution in [2.75, 3.05) is 11.6 Å². The Bertz CT molecular complexity index is 814. The number of hydrogen-bond acceptors (Lipinski definition) is 3. The van der Waals surface area contributed by atoms with E-state index in [9.17, 15) is 17.6 Å². The van der Waals surface area contributed by atoms with Crippen LogP contribution >= 0.6 is 0 Å². The van der Waals surface area contributed by atoms with Crippen molar-refractivity contribution in [1.29, 1.82) is 0 Å². The van der Waals surface area contributed by atoms with E-state index in [2.05, 4.69) is 5.32 Å². The van der Waals surface area contributed by atoms with E-state index in [1.54, 1.807) is 25.1 Å². The minimum absolute atomic E-state index is 0.164. The summed E-state index contributed by atoms with van der Waals surface area (Å²) in [6, 6.07) is 10.6. The van der Waals surface area contributed by atoms with Gasteiger partial charge in [0.25, 0.3) is 0 Å². The van der Waals surface area contributed by atoms with Crippen molar-refractivity contribution in [3.63, 3.8) is 0 Å². The predicted octanol–water partition coefficient (Wildman–Crippen LogP) is 3.11. The number of aryl methyl sites for hydroxylation is 2. The van der Waals surface area contributed by atoms with Crippen molar-refractivity contribution in [3.8, 4) is 0 Å². The summed E-state index contributed by atoms with van der Waals surface area (Å²) in [7, 11) is -3.32. The first-order valence-corrected chi connectivity index (χ1v) is 9.00. The van der Waals surface area contributed by atoms with E-state index in [1.807, 2.05) is 0 Å². The van der Waals surface area contributed by atoms with Crippen molar-refractivity contribution in [1.82, 2.24) is 0 Å². The molecular formula is C17H18FNO3S. The Morgan fingerprint density at radius 2 is 1.78 bits per heavy atom. The molecule has 0 aliphatic heterocycles. The average molecular weight is 335 g/mol. The van der Waals surface area contributed by atoms with Crippen LogP contribution < -0.4 is 5.32 Å². The highest BCUT2D eigenvalue weighted by atomic mass is 32.2. The van der Waals surface area contributed by atoms with Crippen LogP contribution in [0.5, 0.6) is 0 Å². The fourth-order valence-electron chi connectivity index (χ4n) is 2.09. The molecule has 1 amide bonds. The Morgan fingerprint density at radius 3 is 2.39 bits per heavy atom. The molecule has 0 saturated heterocycles. The number of benzene rings is 2.